The molecule has 172 valence electrons. The van der Waals surface area contributed by atoms with Crippen molar-refractivity contribution < 1.29 is 28.8 Å². The summed E-state index contributed by atoms with van der Waals surface area (Å²) in [6.45, 7) is 1.55. The van der Waals surface area contributed by atoms with E-state index in [0.717, 1.165) is 22.2 Å². The van der Waals surface area contributed by atoms with E-state index in [-0.39, 0.29) is 23.8 Å². The van der Waals surface area contributed by atoms with Gasteiger partial charge in [-0.25, -0.2) is 0 Å². The van der Waals surface area contributed by atoms with E-state index in [1.54, 1.807) is 37.3 Å². The number of ether oxygens (including phenoxy) is 2. The van der Waals surface area contributed by atoms with Crippen LogP contribution in [0.3, 0.4) is 0 Å². The molecule has 2 amide bonds. The molecule has 1 heterocycles. The Morgan fingerprint density at radius 3 is 2.39 bits per heavy atom. The Morgan fingerprint density at radius 1 is 1.18 bits per heavy atom. The zero-order chi connectivity index (χ0) is 24.1. The summed E-state index contributed by atoms with van der Waals surface area (Å²) in [5.74, 6) is -0.717. The molecule has 0 atom stereocenters. The van der Waals surface area contributed by atoms with Crippen LogP contribution in [0, 0.1) is 10.1 Å². The molecule has 1 aliphatic heterocycles. The second kappa shape index (κ2) is 10.9. The molecule has 0 aromatic heterocycles. The van der Waals surface area contributed by atoms with Crippen molar-refractivity contribution >= 4 is 72.5 Å². The van der Waals surface area contributed by atoms with Crippen LogP contribution >= 0.6 is 43.6 Å². The van der Waals surface area contributed by atoms with Crippen LogP contribution < -0.4 is 4.74 Å². The van der Waals surface area contributed by atoms with Gasteiger partial charge in [0.25, 0.3) is 16.8 Å². The molecule has 0 bridgehead atoms. The third-order valence-electron chi connectivity index (χ3n) is 4.31. The van der Waals surface area contributed by atoms with Gasteiger partial charge in [0.1, 0.15) is 18.9 Å². The minimum absolute atomic E-state index is 0.00265. The van der Waals surface area contributed by atoms with Crippen molar-refractivity contribution in [1.29, 1.82) is 0 Å². The molecule has 2 aromatic carbocycles. The Kier molecular flexibility index (Phi) is 8.27. The molecule has 0 spiro atoms. The van der Waals surface area contributed by atoms with Crippen molar-refractivity contribution in [3.8, 4) is 5.75 Å². The lowest BCUT2D eigenvalue weighted by Gasteiger charge is -2.12. The van der Waals surface area contributed by atoms with Crippen LogP contribution in [0.15, 0.2) is 50.2 Å². The number of rotatable bonds is 8. The zero-order valence-electron chi connectivity index (χ0n) is 17.1. The van der Waals surface area contributed by atoms with Crippen LogP contribution in [-0.2, 0) is 20.9 Å². The van der Waals surface area contributed by atoms with E-state index in [1.165, 1.54) is 12.1 Å². The summed E-state index contributed by atoms with van der Waals surface area (Å²) in [6.07, 6.45) is 1.55. The van der Waals surface area contributed by atoms with Gasteiger partial charge in [-0.15, -0.1) is 0 Å². The number of carbonyl (C=O) groups is 3. The summed E-state index contributed by atoms with van der Waals surface area (Å²) >= 11 is 7.62. The maximum atomic E-state index is 12.5. The van der Waals surface area contributed by atoms with Crippen LogP contribution in [0.4, 0.5) is 10.5 Å². The quantitative estimate of drug-likeness (QED) is 0.174. The van der Waals surface area contributed by atoms with Gasteiger partial charge in [-0.1, -0.05) is 0 Å². The van der Waals surface area contributed by atoms with Gasteiger partial charge in [-0.05, 0) is 92.0 Å². The average Bonchev–Trinajstić information content (AvgIpc) is 3.01. The van der Waals surface area contributed by atoms with Crippen LogP contribution in [0.5, 0.6) is 5.75 Å². The molecular weight excluding hydrogens is 584 g/mol. The van der Waals surface area contributed by atoms with Crippen LogP contribution in [0.2, 0.25) is 0 Å². The first-order valence-electron chi connectivity index (χ1n) is 9.45. The molecule has 12 heteroatoms. The molecule has 2 aromatic rings. The predicted octanol–water partition coefficient (Wildman–Crippen LogP) is 5.30. The summed E-state index contributed by atoms with van der Waals surface area (Å²) in [7, 11) is 0. The molecular formula is C21H16Br2N2O7S. The van der Waals surface area contributed by atoms with Crippen molar-refractivity contribution in [2.45, 2.75) is 13.5 Å². The van der Waals surface area contributed by atoms with Crippen molar-refractivity contribution in [2.24, 2.45) is 0 Å². The number of nitro groups is 1. The number of hydrogen-bond donors (Lipinski definition) is 0. The van der Waals surface area contributed by atoms with Gasteiger partial charge in [-0.2, -0.15) is 0 Å². The van der Waals surface area contributed by atoms with Crippen LogP contribution in [0.1, 0.15) is 18.1 Å². The first kappa shape index (κ1) is 24.9. The number of nitro benzene ring substituents is 1. The van der Waals surface area contributed by atoms with Gasteiger partial charge in [0.15, 0.2) is 0 Å². The third kappa shape index (κ3) is 6.21. The van der Waals surface area contributed by atoms with Crippen molar-refractivity contribution in [3.05, 3.63) is 71.5 Å². The lowest BCUT2D eigenvalue weighted by Crippen LogP contribution is -2.34. The second-order valence-electron chi connectivity index (χ2n) is 6.60. The van der Waals surface area contributed by atoms with Crippen LogP contribution in [0.25, 0.3) is 6.08 Å². The molecule has 1 fully saturated rings. The van der Waals surface area contributed by atoms with Gasteiger partial charge < -0.3 is 9.47 Å². The average molecular weight is 600 g/mol. The molecule has 0 aliphatic carbocycles. The number of benzene rings is 2. The van der Waals surface area contributed by atoms with E-state index < -0.39 is 28.6 Å². The fourth-order valence-corrected chi connectivity index (χ4v) is 5.08. The zero-order valence-corrected chi connectivity index (χ0v) is 21.1. The number of hydrogen-bond acceptors (Lipinski definition) is 8. The molecule has 1 aliphatic rings. The Balaban J connectivity index is 1.72. The Morgan fingerprint density at radius 2 is 1.82 bits per heavy atom. The number of amides is 2. The van der Waals surface area contributed by atoms with Crippen molar-refractivity contribution in [2.75, 3.05) is 13.2 Å². The Hall–Kier alpha value is -2.70. The highest BCUT2D eigenvalue weighted by Crippen LogP contribution is 2.38. The van der Waals surface area contributed by atoms with E-state index in [1.807, 2.05) is 0 Å². The number of thioether (sulfide) groups is 1. The number of non-ortho nitro benzene ring substituents is 1. The Bertz CT molecular complexity index is 1130. The second-order valence-corrected chi connectivity index (χ2v) is 9.30. The normalized spacial score (nSPS) is 14.6. The minimum atomic E-state index is -0.652. The summed E-state index contributed by atoms with van der Waals surface area (Å²) in [5.41, 5.74) is 1.37. The molecule has 9 nitrogen and oxygen atoms in total. The summed E-state index contributed by atoms with van der Waals surface area (Å²) in [5, 5.41) is 10.2. The van der Waals surface area contributed by atoms with Gasteiger partial charge in [0.05, 0.1) is 25.4 Å². The summed E-state index contributed by atoms with van der Waals surface area (Å²) < 4.78 is 11.8. The van der Waals surface area contributed by atoms with E-state index in [4.69, 9.17) is 9.47 Å². The standard InChI is InChI=1S/C21H16Br2N2O7S/c1-2-31-18(26)10-24-20(27)17(33-21(24)28)9-13-7-15(22)19(16(23)8-13)32-11-12-3-5-14(6-4-12)25(29)30/h3-9H,2,10-11H2,1H3/b17-9+. The first-order valence-corrected chi connectivity index (χ1v) is 11.9. The van der Waals surface area contributed by atoms with Crippen LogP contribution in [-0.4, -0.2) is 40.1 Å². The lowest BCUT2D eigenvalue weighted by atomic mass is 10.2. The van der Waals surface area contributed by atoms with Gasteiger partial charge in [-0.3, -0.25) is 29.4 Å². The highest BCUT2D eigenvalue weighted by Gasteiger charge is 2.36. The topological polar surface area (TPSA) is 116 Å². The van der Waals surface area contributed by atoms with Gasteiger partial charge >= 0.3 is 5.97 Å². The largest absolute Gasteiger partial charge is 0.487 e. The number of halogens is 2. The summed E-state index contributed by atoms with van der Waals surface area (Å²) in [6, 6.07) is 9.47. The monoisotopic (exact) mass is 598 g/mol. The van der Waals surface area contributed by atoms with Gasteiger partial charge in [0, 0.05) is 12.1 Å². The SMILES string of the molecule is CCOC(=O)CN1C(=O)S/C(=C/c2cc(Br)c(OCc3ccc([N+](=O)[O-])cc3)c(Br)c2)C1=O. The number of nitrogens with zero attached hydrogens (tertiary/aromatic N) is 2. The highest BCUT2D eigenvalue weighted by molar-refractivity contribution is 9.11. The predicted molar refractivity (Wildman–Crippen MR) is 129 cm³/mol. The number of carbonyl (C=O) groups excluding carboxylic acids is 3. The van der Waals surface area contributed by atoms with E-state index in [9.17, 15) is 24.5 Å². The van der Waals surface area contributed by atoms with Crippen molar-refractivity contribution in [3.63, 3.8) is 0 Å². The fraction of sp³-hybridized carbons (Fsp3) is 0.190. The molecule has 1 saturated heterocycles. The smallest absolute Gasteiger partial charge is 0.326 e. The molecule has 0 unspecified atom stereocenters. The maximum absolute atomic E-state index is 12.5. The first-order chi connectivity index (χ1) is 15.7. The van der Waals surface area contributed by atoms with Crippen molar-refractivity contribution in [1.82, 2.24) is 4.90 Å². The lowest BCUT2D eigenvalue weighted by molar-refractivity contribution is -0.384. The van der Waals surface area contributed by atoms with Gasteiger partial charge in [0.2, 0.25) is 0 Å². The minimum Gasteiger partial charge on any atom is -0.487 e. The van der Waals surface area contributed by atoms with E-state index in [0.29, 0.717) is 20.3 Å². The number of esters is 1. The molecule has 0 saturated carbocycles. The number of imide groups is 1. The molecule has 3 rings (SSSR count). The highest BCUT2D eigenvalue weighted by atomic mass is 79.9. The molecule has 0 radical (unpaired) electrons. The van der Waals surface area contributed by atoms with E-state index >= 15 is 0 Å². The fourth-order valence-electron chi connectivity index (χ4n) is 2.79. The maximum Gasteiger partial charge on any atom is 0.326 e. The van der Waals surface area contributed by atoms with E-state index in [2.05, 4.69) is 31.9 Å². The molecule has 0 N–H and O–H groups in total. The Labute approximate surface area is 209 Å². The third-order valence-corrected chi connectivity index (χ3v) is 6.40. The summed E-state index contributed by atoms with van der Waals surface area (Å²) in [4.78, 5) is 47.6. The molecule has 33 heavy (non-hydrogen) atoms.